The third-order valence-electron chi connectivity index (χ3n) is 4.11. The van der Waals surface area contributed by atoms with Gasteiger partial charge in [-0.25, -0.2) is 18.1 Å². The standard InChI is InChI=1S/C14H24ClN3O2S/c1-3-9-18-10-13(16-12(18)2)21(19,20)17-14(11-15)7-5-4-6-8-14/h10,17H,3-9,11H2,1-2H3. The monoisotopic (exact) mass is 333 g/mol. The van der Waals surface area contributed by atoms with E-state index in [2.05, 4.69) is 16.6 Å². The molecule has 1 heterocycles. The fourth-order valence-electron chi connectivity index (χ4n) is 2.90. The summed E-state index contributed by atoms with van der Waals surface area (Å²) >= 11 is 6.06. The van der Waals surface area contributed by atoms with Crippen molar-refractivity contribution < 1.29 is 8.42 Å². The molecule has 1 aliphatic carbocycles. The summed E-state index contributed by atoms with van der Waals surface area (Å²) in [5.41, 5.74) is -0.513. The topological polar surface area (TPSA) is 64.0 Å². The molecule has 120 valence electrons. The Kier molecular flexibility index (Phi) is 5.33. The molecule has 2 rings (SSSR count). The van der Waals surface area contributed by atoms with Crippen LogP contribution in [0.3, 0.4) is 0 Å². The van der Waals surface area contributed by atoms with Crippen LogP contribution in [0.1, 0.15) is 51.3 Å². The van der Waals surface area contributed by atoms with Gasteiger partial charge in [0.2, 0.25) is 0 Å². The molecule has 0 aliphatic heterocycles. The molecular weight excluding hydrogens is 310 g/mol. The molecule has 0 unspecified atom stereocenters. The van der Waals surface area contributed by atoms with Crippen molar-refractivity contribution in [3.8, 4) is 0 Å². The number of nitrogens with one attached hydrogen (secondary N) is 1. The second-order valence-corrected chi connectivity index (χ2v) is 7.80. The highest BCUT2D eigenvalue weighted by Crippen LogP contribution is 2.30. The van der Waals surface area contributed by atoms with E-state index in [9.17, 15) is 8.42 Å². The first-order valence-corrected chi connectivity index (χ1v) is 9.58. The Morgan fingerprint density at radius 3 is 2.62 bits per heavy atom. The Balaban J connectivity index is 2.23. The fourth-order valence-corrected chi connectivity index (χ4v) is 4.79. The van der Waals surface area contributed by atoms with Gasteiger partial charge in [-0.15, -0.1) is 11.6 Å². The minimum Gasteiger partial charge on any atom is -0.334 e. The number of nitrogens with zero attached hydrogens (tertiary/aromatic N) is 2. The first-order valence-electron chi connectivity index (χ1n) is 7.56. The minimum absolute atomic E-state index is 0.100. The molecule has 1 aromatic heterocycles. The molecule has 1 aromatic rings. The van der Waals surface area contributed by atoms with E-state index in [0.29, 0.717) is 5.88 Å². The summed E-state index contributed by atoms with van der Waals surface area (Å²) in [6.45, 7) is 4.65. The highest BCUT2D eigenvalue weighted by molar-refractivity contribution is 7.89. The largest absolute Gasteiger partial charge is 0.334 e. The Hall–Kier alpha value is -0.590. The van der Waals surface area contributed by atoms with Gasteiger partial charge in [0.25, 0.3) is 10.0 Å². The molecule has 7 heteroatoms. The predicted molar refractivity (Wildman–Crippen MR) is 84.1 cm³/mol. The zero-order valence-electron chi connectivity index (χ0n) is 12.7. The average molecular weight is 334 g/mol. The van der Waals surface area contributed by atoms with Crippen LogP contribution in [0.5, 0.6) is 0 Å². The maximum Gasteiger partial charge on any atom is 0.260 e. The number of hydrogen-bond donors (Lipinski definition) is 1. The summed E-state index contributed by atoms with van der Waals surface area (Å²) in [5, 5.41) is 0.100. The van der Waals surface area contributed by atoms with Crippen LogP contribution in [-0.4, -0.2) is 29.4 Å². The third kappa shape index (κ3) is 3.79. The van der Waals surface area contributed by atoms with E-state index in [1.165, 1.54) is 0 Å². The lowest BCUT2D eigenvalue weighted by molar-refractivity contribution is 0.297. The smallest absolute Gasteiger partial charge is 0.260 e. The zero-order chi connectivity index (χ0) is 15.5. The summed E-state index contributed by atoms with van der Waals surface area (Å²) in [6.07, 6.45) is 7.32. The molecule has 0 amide bonds. The quantitative estimate of drug-likeness (QED) is 0.814. The zero-order valence-corrected chi connectivity index (χ0v) is 14.3. The van der Waals surface area contributed by atoms with Crippen LogP contribution in [0.15, 0.2) is 11.2 Å². The van der Waals surface area contributed by atoms with Crippen molar-refractivity contribution in [3.63, 3.8) is 0 Å². The van der Waals surface area contributed by atoms with Crippen molar-refractivity contribution in [1.29, 1.82) is 0 Å². The van der Waals surface area contributed by atoms with Gasteiger partial charge in [-0.2, -0.15) is 0 Å². The normalized spacial score (nSPS) is 18.8. The van der Waals surface area contributed by atoms with Gasteiger partial charge in [-0.3, -0.25) is 0 Å². The summed E-state index contributed by atoms with van der Waals surface area (Å²) in [4.78, 5) is 4.20. The first kappa shape index (κ1) is 16.8. The molecular formula is C14H24ClN3O2S. The SMILES string of the molecule is CCCn1cc(S(=O)(=O)NC2(CCl)CCCCC2)nc1C. The molecule has 0 aromatic carbocycles. The van der Waals surface area contributed by atoms with Crippen molar-refractivity contribution in [3.05, 3.63) is 12.0 Å². The van der Waals surface area contributed by atoms with Crippen LogP contribution in [0, 0.1) is 6.92 Å². The second kappa shape index (κ2) is 6.67. The van der Waals surface area contributed by atoms with E-state index in [1.54, 1.807) is 6.20 Å². The van der Waals surface area contributed by atoms with Crippen LogP contribution in [0.2, 0.25) is 0 Å². The van der Waals surface area contributed by atoms with E-state index in [0.717, 1.165) is 50.9 Å². The lowest BCUT2D eigenvalue weighted by Gasteiger charge is -2.35. The number of imidazole rings is 1. The fraction of sp³-hybridized carbons (Fsp3) is 0.786. The molecule has 0 saturated heterocycles. The average Bonchev–Trinajstić information content (AvgIpc) is 2.82. The van der Waals surface area contributed by atoms with Crippen molar-refractivity contribution in [2.45, 2.75) is 69.5 Å². The molecule has 1 fully saturated rings. The van der Waals surface area contributed by atoms with Gasteiger partial charge in [0.15, 0.2) is 5.03 Å². The Morgan fingerprint density at radius 2 is 2.05 bits per heavy atom. The maximum atomic E-state index is 12.6. The minimum atomic E-state index is -3.62. The molecule has 1 aliphatic rings. The van der Waals surface area contributed by atoms with Crippen molar-refractivity contribution >= 4 is 21.6 Å². The highest BCUT2D eigenvalue weighted by atomic mass is 35.5. The van der Waals surface area contributed by atoms with Crippen LogP contribution in [0.4, 0.5) is 0 Å². The number of halogens is 1. The van der Waals surface area contributed by atoms with E-state index >= 15 is 0 Å². The molecule has 5 nitrogen and oxygen atoms in total. The molecule has 0 bridgehead atoms. The van der Waals surface area contributed by atoms with Crippen LogP contribution in [-0.2, 0) is 16.6 Å². The van der Waals surface area contributed by atoms with Gasteiger partial charge in [0.1, 0.15) is 5.82 Å². The first-order chi connectivity index (χ1) is 9.92. The van der Waals surface area contributed by atoms with Crippen molar-refractivity contribution in [2.24, 2.45) is 0 Å². The van der Waals surface area contributed by atoms with Crippen LogP contribution in [0.25, 0.3) is 0 Å². The Labute approximate surface area is 132 Å². The van der Waals surface area contributed by atoms with Gasteiger partial charge in [0.05, 0.1) is 0 Å². The van der Waals surface area contributed by atoms with E-state index in [1.807, 2.05) is 11.5 Å². The van der Waals surface area contributed by atoms with Gasteiger partial charge in [-0.1, -0.05) is 26.2 Å². The molecule has 1 saturated carbocycles. The number of alkyl halides is 1. The second-order valence-electron chi connectivity index (χ2n) is 5.90. The number of sulfonamides is 1. The molecule has 0 spiro atoms. The van der Waals surface area contributed by atoms with Crippen LogP contribution >= 0.6 is 11.6 Å². The number of rotatable bonds is 6. The summed E-state index contributed by atoms with van der Waals surface area (Å²) in [5.74, 6) is 1.03. The van der Waals surface area contributed by atoms with Crippen molar-refractivity contribution in [1.82, 2.24) is 14.3 Å². The van der Waals surface area contributed by atoms with Gasteiger partial charge in [-0.05, 0) is 26.2 Å². The summed E-state index contributed by atoms with van der Waals surface area (Å²) < 4.78 is 29.9. The maximum absolute atomic E-state index is 12.6. The van der Waals surface area contributed by atoms with E-state index < -0.39 is 15.6 Å². The predicted octanol–water partition coefficient (Wildman–Crippen LogP) is 2.82. The molecule has 1 N–H and O–H groups in total. The van der Waals surface area contributed by atoms with Gasteiger partial charge >= 0.3 is 0 Å². The lowest BCUT2D eigenvalue weighted by atomic mass is 9.84. The summed E-state index contributed by atoms with van der Waals surface area (Å²) in [7, 11) is -3.62. The number of hydrogen-bond acceptors (Lipinski definition) is 3. The molecule has 0 radical (unpaired) electrons. The molecule has 21 heavy (non-hydrogen) atoms. The van der Waals surface area contributed by atoms with Gasteiger partial charge < -0.3 is 4.57 Å². The van der Waals surface area contributed by atoms with Crippen LogP contribution < -0.4 is 4.72 Å². The molecule has 0 atom stereocenters. The summed E-state index contributed by atoms with van der Waals surface area (Å²) in [6, 6.07) is 0. The lowest BCUT2D eigenvalue weighted by Crippen LogP contribution is -2.51. The number of aromatic nitrogens is 2. The highest BCUT2D eigenvalue weighted by Gasteiger charge is 2.36. The Morgan fingerprint density at radius 1 is 1.38 bits per heavy atom. The third-order valence-corrected chi connectivity index (χ3v) is 6.07. The van der Waals surface area contributed by atoms with E-state index in [-0.39, 0.29) is 5.03 Å². The Bertz CT molecular complexity index is 577. The van der Waals surface area contributed by atoms with Crippen molar-refractivity contribution in [2.75, 3.05) is 5.88 Å². The number of aryl methyl sites for hydroxylation is 2. The van der Waals surface area contributed by atoms with E-state index in [4.69, 9.17) is 11.6 Å². The van der Waals surface area contributed by atoms with Gasteiger partial charge in [0, 0.05) is 24.2 Å².